The van der Waals surface area contributed by atoms with Crippen LogP contribution in [0.25, 0.3) is 74.9 Å². The molecule has 188 valence electrons. The van der Waals surface area contributed by atoms with Crippen LogP contribution >= 0.6 is 22.7 Å². The molecule has 8 aromatic rings. The van der Waals surface area contributed by atoms with Gasteiger partial charge in [0.15, 0.2) is 5.82 Å². The van der Waals surface area contributed by atoms with Crippen molar-refractivity contribution in [3.63, 3.8) is 0 Å². The second kappa shape index (κ2) is 9.49. The van der Waals surface area contributed by atoms with Gasteiger partial charge in [-0.05, 0) is 30.3 Å². The van der Waals surface area contributed by atoms with Gasteiger partial charge in [0.1, 0.15) is 5.01 Å². The number of thiophene rings is 1. The molecule has 0 saturated heterocycles. The molecule has 3 aromatic heterocycles. The van der Waals surface area contributed by atoms with E-state index in [0.717, 1.165) is 50.0 Å². The zero-order valence-electron chi connectivity index (χ0n) is 21.3. The fourth-order valence-corrected chi connectivity index (χ4v) is 7.46. The van der Waals surface area contributed by atoms with Gasteiger partial charge in [0.05, 0.1) is 21.6 Å². The van der Waals surface area contributed by atoms with Gasteiger partial charge in [-0.2, -0.15) is 0 Å². The van der Waals surface area contributed by atoms with Crippen LogP contribution in [0.1, 0.15) is 0 Å². The highest BCUT2D eigenvalue weighted by molar-refractivity contribution is 7.26. The summed E-state index contributed by atoms with van der Waals surface area (Å²) in [7, 11) is 0. The van der Waals surface area contributed by atoms with Gasteiger partial charge in [0.2, 0.25) is 0 Å². The monoisotopic (exact) mass is 547 g/mol. The third-order valence-electron chi connectivity index (χ3n) is 7.15. The maximum Gasteiger partial charge on any atom is 0.161 e. The van der Waals surface area contributed by atoms with E-state index in [1.54, 1.807) is 11.3 Å². The predicted molar refractivity (Wildman–Crippen MR) is 170 cm³/mol. The van der Waals surface area contributed by atoms with Crippen molar-refractivity contribution in [3.8, 4) is 44.5 Å². The molecule has 0 spiro atoms. The van der Waals surface area contributed by atoms with Gasteiger partial charge < -0.3 is 0 Å². The molecule has 0 aliphatic heterocycles. The van der Waals surface area contributed by atoms with E-state index >= 15 is 0 Å². The highest BCUT2D eigenvalue weighted by atomic mass is 32.1. The first-order chi connectivity index (χ1) is 19.8. The van der Waals surface area contributed by atoms with Gasteiger partial charge in [-0.15, -0.1) is 22.7 Å². The zero-order valence-corrected chi connectivity index (χ0v) is 22.9. The Morgan fingerprint density at radius 2 is 0.975 bits per heavy atom. The minimum Gasteiger partial charge on any atom is -0.236 e. The molecule has 0 atom stereocenters. The number of aromatic nitrogens is 3. The molecule has 0 aliphatic carbocycles. The fourth-order valence-electron chi connectivity index (χ4n) is 5.30. The number of thiazole rings is 1. The Kier molecular flexibility index (Phi) is 5.50. The second-order valence-electron chi connectivity index (χ2n) is 9.64. The van der Waals surface area contributed by atoms with Crippen LogP contribution < -0.4 is 0 Å². The largest absolute Gasteiger partial charge is 0.236 e. The summed E-state index contributed by atoms with van der Waals surface area (Å²) in [4.78, 5) is 15.3. The van der Waals surface area contributed by atoms with Crippen LogP contribution in [-0.4, -0.2) is 15.0 Å². The SMILES string of the molecule is c1ccc(-c2cc(-c3ccccc3)nc(-c3cccc4sc5cccc(-c6nc7ccccc7s6)c5c34)n2)cc1. The lowest BCUT2D eigenvalue weighted by atomic mass is 10.0. The molecule has 0 saturated carbocycles. The van der Waals surface area contributed by atoms with E-state index in [1.165, 1.54) is 24.9 Å². The van der Waals surface area contributed by atoms with Gasteiger partial charge in [-0.3, -0.25) is 0 Å². The molecule has 5 aromatic carbocycles. The summed E-state index contributed by atoms with van der Waals surface area (Å²) in [5.74, 6) is 0.726. The molecule has 0 radical (unpaired) electrons. The van der Waals surface area contributed by atoms with Crippen LogP contribution in [0.2, 0.25) is 0 Å². The summed E-state index contributed by atoms with van der Waals surface area (Å²) in [5, 5.41) is 3.43. The van der Waals surface area contributed by atoms with E-state index in [9.17, 15) is 0 Å². The number of nitrogens with zero attached hydrogens (tertiary/aromatic N) is 3. The smallest absolute Gasteiger partial charge is 0.161 e. The lowest BCUT2D eigenvalue weighted by molar-refractivity contribution is 1.19. The van der Waals surface area contributed by atoms with Crippen LogP contribution in [0.5, 0.6) is 0 Å². The van der Waals surface area contributed by atoms with Gasteiger partial charge in [-0.25, -0.2) is 15.0 Å². The molecule has 0 bridgehead atoms. The first-order valence-electron chi connectivity index (χ1n) is 13.1. The highest BCUT2D eigenvalue weighted by Crippen LogP contribution is 2.45. The molecule has 0 unspecified atom stereocenters. The summed E-state index contributed by atoms with van der Waals surface area (Å²) in [6.07, 6.45) is 0. The average molecular weight is 548 g/mol. The number of benzene rings is 5. The van der Waals surface area contributed by atoms with Gasteiger partial charge in [-0.1, -0.05) is 97.1 Å². The van der Waals surface area contributed by atoms with Crippen LogP contribution in [0, 0.1) is 0 Å². The maximum absolute atomic E-state index is 5.15. The topological polar surface area (TPSA) is 38.7 Å². The van der Waals surface area contributed by atoms with E-state index in [-0.39, 0.29) is 0 Å². The van der Waals surface area contributed by atoms with Crippen LogP contribution in [0.3, 0.4) is 0 Å². The minimum absolute atomic E-state index is 0.726. The van der Waals surface area contributed by atoms with E-state index in [2.05, 4.69) is 109 Å². The van der Waals surface area contributed by atoms with Crippen LogP contribution in [0.4, 0.5) is 0 Å². The van der Waals surface area contributed by atoms with Gasteiger partial charge >= 0.3 is 0 Å². The number of hydrogen-bond donors (Lipinski definition) is 0. The molecule has 5 heteroatoms. The van der Waals surface area contributed by atoms with E-state index in [1.807, 2.05) is 29.5 Å². The molecule has 0 aliphatic rings. The van der Waals surface area contributed by atoms with Crippen LogP contribution in [-0.2, 0) is 0 Å². The van der Waals surface area contributed by atoms with Gasteiger partial charge in [0, 0.05) is 42.4 Å². The van der Waals surface area contributed by atoms with Crippen molar-refractivity contribution in [1.82, 2.24) is 15.0 Å². The standard InChI is InChI=1S/C35H21N3S2/c1-3-11-22(12-4-1)27-21-28(23-13-5-2-6-14-23)37-34(36-27)24-15-9-19-30-32(24)33-25(16-10-20-31(33)39-30)35-38-26-17-7-8-18-29(26)40-35/h1-21H. The molecule has 40 heavy (non-hydrogen) atoms. The first-order valence-corrected chi connectivity index (χ1v) is 14.8. The Balaban J connectivity index is 1.42. The van der Waals surface area contributed by atoms with Crippen molar-refractivity contribution in [2.45, 2.75) is 0 Å². The number of hydrogen-bond acceptors (Lipinski definition) is 5. The number of fused-ring (bicyclic) bond motifs is 4. The Morgan fingerprint density at radius 1 is 0.425 bits per heavy atom. The molecule has 0 amide bonds. The quantitative estimate of drug-likeness (QED) is 0.220. The lowest BCUT2D eigenvalue weighted by Gasteiger charge is -2.11. The molecule has 3 nitrogen and oxygen atoms in total. The minimum atomic E-state index is 0.726. The molecular formula is C35H21N3S2. The Hall–Kier alpha value is -4.71. The van der Waals surface area contributed by atoms with Crippen molar-refractivity contribution in [3.05, 3.63) is 127 Å². The summed E-state index contributed by atoms with van der Waals surface area (Å²) < 4.78 is 3.65. The van der Waals surface area contributed by atoms with E-state index < -0.39 is 0 Å². The molecular weight excluding hydrogens is 527 g/mol. The number of rotatable bonds is 4. The predicted octanol–water partition coefficient (Wildman–Crippen LogP) is 10.1. The van der Waals surface area contributed by atoms with Gasteiger partial charge in [0.25, 0.3) is 0 Å². The zero-order chi connectivity index (χ0) is 26.5. The lowest BCUT2D eigenvalue weighted by Crippen LogP contribution is -1.96. The second-order valence-corrected chi connectivity index (χ2v) is 11.8. The Labute approximate surface area is 239 Å². The Bertz CT molecular complexity index is 2070. The third kappa shape index (κ3) is 3.90. The summed E-state index contributed by atoms with van der Waals surface area (Å²) in [6, 6.07) is 44.1. The summed E-state index contributed by atoms with van der Waals surface area (Å²) >= 11 is 3.55. The first kappa shape index (κ1) is 23.2. The molecule has 3 heterocycles. The average Bonchev–Trinajstić information content (AvgIpc) is 3.63. The third-order valence-corrected chi connectivity index (χ3v) is 9.34. The summed E-state index contributed by atoms with van der Waals surface area (Å²) in [5.41, 5.74) is 7.18. The van der Waals surface area contributed by atoms with E-state index in [0.29, 0.717) is 0 Å². The van der Waals surface area contributed by atoms with Crippen molar-refractivity contribution in [2.24, 2.45) is 0 Å². The normalized spacial score (nSPS) is 11.5. The molecule has 8 rings (SSSR count). The van der Waals surface area contributed by atoms with Crippen molar-refractivity contribution in [2.75, 3.05) is 0 Å². The Morgan fingerprint density at radius 3 is 1.62 bits per heavy atom. The van der Waals surface area contributed by atoms with Crippen molar-refractivity contribution >= 4 is 53.1 Å². The van der Waals surface area contributed by atoms with Crippen molar-refractivity contribution < 1.29 is 0 Å². The highest BCUT2D eigenvalue weighted by Gasteiger charge is 2.19. The van der Waals surface area contributed by atoms with Crippen LogP contribution in [0.15, 0.2) is 127 Å². The maximum atomic E-state index is 5.15. The fraction of sp³-hybridized carbons (Fsp3) is 0. The molecule has 0 fully saturated rings. The molecule has 0 N–H and O–H groups in total. The number of para-hydroxylation sites is 1. The van der Waals surface area contributed by atoms with E-state index in [4.69, 9.17) is 15.0 Å². The van der Waals surface area contributed by atoms with Crippen molar-refractivity contribution in [1.29, 1.82) is 0 Å². The summed E-state index contributed by atoms with van der Waals surface area (Å²) in [6.45, 7) is 0.